The van der Waals surface area contributed by atoms with E-state index in [1.165, 1.54) is 0 Å². The zero-order valence-corrected chi connectivity index (χ0v) is 10.0. The number of phosphoric acid groups is 1. The number of carboxylic acids is 2. The first-order valence-corrected chi connectivity index (χ1v) is 5.80. The first kappa shape index (κ1) is 18.9. The Labute approximate surface area is 101 Å². The zero-order valence-electron chi connectivity index (χ0n) is 9.11. The van der Waals surface area contributed by atoms with Crippen LogP contribution in [0.1, 0.15) is 19.8 Å². The highest BCUT2D eigenvalue weighted by atomic mass is 31.2. The van der Waals surface area contributed by atoms with E-state index in [2.05, 4.69) is 0 Å². The third-order valence-electron chi connectivity index (χ3n) is 1.30. The predicted octanol–water partition coefficient (Wildman–Crippen LogP) is -6.05. The van der Waals surface area contributed by atoms with E-state index >= 15 is 0 Å². The summed E-state index contributed by atoms with van der Waals surface area (Å²) in [5, 5.41) is 22.3. The zero-order chi connectivity index (χ0) is 14.9. The number of aliphatic carboxylic acids is 2. The van der Waals surface area contributed by atoms with Crippen molar-refractivity contribution in [1.29, 1.82) is 0 Å². The quantitative estimate of drug-likeness (QED) is 0.477. The van der Waals surface area contributed by atoms with E-state index < -0.39 is 38.1 Å². The molecule has 11 heteroatoms. The largest absolute Gasteiger partial charge is 0.822 e. The molecule has 1 amide bonds. The molecule has 1 N–H and O–H groups in total. The Morgan fingerprint density at radius 3 is 1.78 bits per heavy atom. The first-order valence-electron chi connectivity index (χ1n) is 4.34. The fourth-order valence-corrected chi connectivity index (χ4v) is 0.756. The van der Waals surface area contributed by atoms with Crippen LogP contribution >= 0.6 is 7.82 Å². The average molecular weight is 282 g/mol. The molecule has 0 aromatic carbocycles. The Hall–Kier alpha value is -1.48. The van der Waals surface area contributed by atoms with Crippen LogP contribution in [0.4, 0.5) is 0 Å². The topological polar surface area (TPSA) is 196 Å². The summed E-state index contributed by atoms with van der Waals surface area (Å²) >= 11 is 0. The Bertz CT molecular complexity index is 341. The van der Waals surface area contributed by atoms with Crippen molar-refractivity contribution in [2.75, 3.05) is 0 Å². The molecule has 0 radical (unpaired) electrons. The Balaban J connectivity index is 0. The van der Waals surface area contributed by atoms with Crippen molar-refractivity contribution in [3.05, 3.63) is 0 Å². The molecule has 1 atom stereocenters. The molecular formula is C7H9NO9P-5. The molecule has 10 nitrogen and oxygen atoms in total. The normalized spacial score (nSPS) is 11.8. The smallest absolute Gasteiger partial charge is 0.217 e. The average Bonchev–Trinajstić information content (AvgIpc) is 2.07. The van der Waals surface area contributed by atoms with E-state index in [-0.39, 0.29) is 6.42 Å². The number of hydrogen-bond acceptors (Lipinski definition) is 9. The summed E-state index contributed by atoms with van der Waals surface area (Å²) in [5.74, 6) is -3.42. The predicted molar refractivity (Wildman–Crippen MR) is 44.5 cm³/mol. The second kappa shape index (κ2) is 8.59. The summed E-state index contributed by atoms with van der Waals surface area (Å²) in [6.07, 6.45) is -0.664. The number of nitrogens with one attached hydrogen (secondary N) is 1. The lowest BCUT2D eigenvalue weighted by Crippen LogP contribution is -2.47. The van der Waals surface area contributed by atoms with Crippen LogP contribution in [0.5, 0.6) is 0 Å². The number of hydrogen-bond donors (Lipinski definition) is 1. The molecule has 0 aromatic heterocycles. The van der Waals surface area contributed by atoms with Crippen LogP contribution in [-0.2, 0) is 18.9 Å². The Morgan fingerprint density at radius 1 is 1.17 bits per heavy atom. The molecule has 0 aromatic rings. The molecule has 106 valence electrons. The molecule has 0 rings (SSSR count). The summed E-state index contributed by atoms with van der Waals surface area (Å²) in [4.78, 5) is 56.4. The van der Waals surface area contributed by atoms with Gasteiger partial charge in [-0.3, -0.25) is 4.79 Å². The van der Waals surface area contributed by atoms with Gasteiger partial charge in [-0.15, -0.1) is 0 Å². The summed E-state index contributed by atoms with van der Waals surface area (Å²) in [5.41, 5.74) is 0. The van der Waals surface area contributed by atoms with Gasteiger partial charge in [-0.1, -0.05) is 0 Å². The van der Waals surface area contributed by atoms with Crippen LogP contribution < -0.4 is 30.2 Å². The van der Waals surface area contributed by atoms with Gasteiger partial charge in [0, 0.05) is 12.9 Å². The van der Waals surface area contributed by atoms with Crippen LogP contribution in [0.25, 0.3) is 0 Å². The number of carboxylic acid groups (broad SMARTS) is 2. The number of amides is 1. The van der Waals surface area contributed by atoms with Crippen LogP contribution in [-0.4, -0.2) is 23.9 Å². The van der Waals surface area contributed by atoms with Gasteiger partial charge in [0.2, 0.25) is 5.91 Å². The van der Waals surface area contributed by atoms with Crippen LogP contribution in [0.3, 0.4) is 0 Å². The standard InChI is InChI=1S/C7H11NO5.H3O4P/c1-4(9)8-5(7(12)13)2-3-6(10)11;1-5(2,3)4/h5H,2-3H2,1H3,(H,8,9)(H,10,11)(H,12,13);(H3,1,2,3,4)/p-5/t5-;/m0./s1. The van der Waals surface area contributed by atoms with E-state index in [1.54, 1.807) is 0 Å². The minimum Gasteiger partial charge on any atom is -0.822 e. The van der Waals surface area contributed by atoms with E-state index in [9.17, 15) is 24.6 Å². The molecule has 0 aliphatic heterocycles. The highest BCUT2D eigenvalue weighted by molar-refractivity contribution is 7.40. The minimum absolute atomic E-state index is 0.232. The first-order chi connectivity index (χ1) is 7.93. The van der Waals surface area contributed by atoms with E-state index in [4.69, 9.17) is 19.2 Å². The molecule has 0 spiro atoms. The van der Waals surface area contributed by atoms with Gasteiger partial charge in [-0.05, 0) is 12.8 Å². The van der Waals surface area contributed by atoms with E-state index in [0.29, 0.717) is 0 Å². The minimum atomic E-state index is -5.39. The third-order valence-corrected chi connectivity index (χ3v) is 1.30. The van der Waals surface area contributed by atoms with Crippen molar-refractivity contribution in [2.24, 2.45) is 0 Å². The SMILES string of the molecule is CC(=O)N[C@@H](CCC(=O)[O-])C(=O)[O-].O=P([O-])([O-])[O-]. The molecule has 0 saturated heterocycles. The van der Waals surface area contributed by atoms with Gasteiger partial charge >= 0.3 is 0 Å². The van der Waals surface area contributed by atoms with Gasteiger partial charge in [-0.2, -0.15) is 7.82 Å². The van der Waals surface area contributed by atoms with Gasteiger partial charge in [0.25, 0.3) is 0 Å². The monoisotopic (exact) mass is 282 g/mol. The highest BCUT2D eigenvalue weighted by Gasteiger charge is 2.10. The van der Waals surface area contributed by atoms with Crippen molar-refractivity contribution >= 4 is 25.7 Å². The summed E-state index contributed by atoms with van der Waals surface area (Å²) < 4.78 is 8.55. The van der Waals surface area contributed by atoms with Crippen molar-refractivity contribution in [2.45, 2.75) is 25.8 Å². The molecule has 0 aliphatic carbocycles. The van der Waals surface area contributed by atoms with Crippen molar-refractivity contribution in [1.82, 2.24) is 5.32 Å². The number of carbonyl (C=O) groups excluding carboxylic acids is 3. The summed E-state index contributed by atoms with van der Waals surface area (Å²) in [6, 6.07) is -1.27. The van der Waals surface area contributed by atoms with Crippen molar-refractivity contribution < 1.29 is 43.8 Å². The van der Waals surface area contributed by atoms with Crippen LogP contribution in [0.15, 0.2) is 0 Å². The molecule has 0 heterocycles. The molecule has 0 saturated carbocycles. The maximum Gasteiger partial charge on any atom is 0.217 e. The molecule has 18 heavy (non-hydrogen) atoms. The van der Waals surface area contributed by atoms with Gasteiger partial charge in [0.1, 0.15) is 0 Å². The van der Waals surface area contributed by atoms with Gasteiger partial charge in [-0.25, -0.2) is 0 Å². The molecule has 0 fully saturated rings. The maximum absolute atomic E-state index is 10.4. The van der Waals surface area contributed by atoms with Gasteiger partial charge < -0.3 is 44.4 Å². The summed E-state index contributed by atoms with van der Waals surface area (Å²) in [7, 11) is -5.39. The van der Waals surface area contributed by atoms with Crippen LogP contribution in [0, 0.1) is 0 Å². The lowest BCUT2D eigenvalue weighted by atomic mass is 10.1. The third kappa shape index (κ3) is 20.0. The second-order valence-corrected chi connectivity index (χ2v) is 3.82. The molecular weight excluding hydrogens is 273 g/mol. The Morgan fingerprint density at radius 2 is 1.56 bits per heavy atom. The summed E-state index contributed by atoms with van der Waals surface area (Å²) in [6.45, 7) is 1.13. The maximum atomic E-state index is 10.4. The lowest BCUT2D eigenvalue weighted by Gasteiger charge is -2.36. The van der Waals surface area contributed by atoms with E-state index in [1.807, 2.05) is 5.32 Å². The van der Waals surface area contributed by atoms with Crippen LogP contribution in [0.2, 0.25) is 0 Å². The van der Waals surface area contributed by atoms with Crippen molar-refractivity contribution in [3.63, 3.8) is 0 Å². The Kier molecular flexibility index (Phi) is 9.00. The number of rotatable bonds is 5. The second-order valence-electron chi connectivity index (χ2n) is 2.93. The fourth-order valence-electron chi connectivity index (χ4n) is 0.756. The van der Waals surface area contributed by atoms with Crippen molar-refractivity contribution in [3.8, 4) is 0 Å². The van der Waals surface area contributed by atoms with Gasteiger partial charge in [0.05, 0.1) is 12.0 Å². The number of carbonyl (C=O) groups is 3. The highest BCUT2D eigenvalue weighted by Crippen LogP contribution is 2.03. The lowest BCUT2D eigenvalue weighted by molar-refractivity contribution is -0.432. The molecule has 0 bridgehead atoms. The fraction of sp³-hybridized carbons (Fsp3) is 0.571. The molecule has 0 aliphatic rings. The molecule has 0 unspecified atom stereocenters. The van der Waals surface area contributed by atoms with Gasteiger partial charge in [0.15, 0.2) is 0 Å². The van der Waals surface area contributed by atoms with E-state index in [0.717, 1.165) is 6.92 Å².